The van der Waals surface area contributed by atoms with E-state index in [2.05, 4.69) is 32.7 Å². The quantitative estimate of drug-likeness (QED) is 0.771. The summed E-state index contributed by atoms with van der Waals surface area (Å²) < 4.78 is 11.9. The van der Waals surface area contributed by atoms with Crippen LogP contribution < -0.4 is 5.32 Å². The smallest absolute Gasteiger partial charge is 0.277 e. The number of anilines is 1. The summed E-state index contributed by atoms with van der Waals surface area (Å²) in [6.07, 6.45) is 3.15. The van der Waals surface area contributed by atoms with Crippen molar-refractivity contribution >= 4 is 22.7 Å². The molecule has 0 saturated carbocycles. The van der Waals surface area contributed by atoms with Crippen LogP contribution in [-0.4, -0.2) is 44.3 Å². The van der Waals surface area contributed by atoms with Crippen LogP contribution in [-0.2, 0) is 11.3 Å². The van der Waals surface area contributed by atoms with Gasteiger partial charge in [0.2, 0.25) is 0 Å². The van der Waals surface area contributed by atoms with Crippen molar-refractivity contribution in [3.05, 3.63) is 29.8 Å². The first-order chi connectivity index (χ1) is 11.5. The van der Waals surface area contributed by atoms with Crippen LogP contribution in [0.4, 0.5) is 5.69 Å². The van der Waals surface area contributed by atoms with E-state index in [1.165, 1.54) is 6.20 Å². The second kappa shape index (κ2) is 5.38. The van der Waals surface area contributed by atoms with E-state index in [-0.39, 0.29) is 17.0 Å². The number of nitrogens with zero attached hydrogens (tertiary/aromatic N) is 5. The summed E-state index contributed by atoms with van der Waals surface area (Å²) in [6, 6.07) is 1.77. The number of fused-ring (bicyclic) bond motifs is 1. The molecule has 3 aromatic heterocycles. The molecule has 4 rings (SSSR count). The molecule has 0 unspecified atom stereocenters. The Balaban J connectivity index is 1.48. The summed E-state index contributed by atoms with van der Waals surface area (Å²) in [5, 5.41) is 15.3. The van der Waals surface area contributed by atoms with E-state index in [0.29, 0.717) is 31.2 Å². The average Bonchev–Trinajstić information content (AvgIpc) is 3.13. The molecular formula is C15H16N6O3. The molecule has 0 bridgehead atoms. The van der Waals surface area contributed by atoms with Crippen molar-refractivity contribution in [2.45, 2.75) is 20.4 Å². The Kier molecular flexibility index (Phi) is 3.31. The molecule has 9 nitrogen and oxygen atoms in total. The number of pyridine rings is 1. The normalized spacial score (nSPS) is 16.1. The Morgan fingerprint density at radius 1 is 1.46 bits per heavy atom. The molecule has 9 heteroatoms. The fourth-order valence-electron chi connectivity index (χ4n) is 2.62. The number of aromatic nitrogens is 5. The maximum atomic E-state index is 12.3. The van der Waals surface area contributed by atoms with Gasteiger partial charge in [-0.3, -0.25) is 9.48 Å². The summed E-state index contributed by atoms with van der Waals surface area (Å²) in [5.74, 6) is -0.341. The maximum absolute atomic E-state index is 12.3. The molecule has 0 radical (unpaired) electrons. The zero-order valence-electron chi connectivity index (χ0n) is 13.3. The van der Waals surface area contributed by atoms with Crippen LogP contribution in [0.5, 0.6) is 0 Å². The van der Waals surface area contributed by atoms with E-state index in [9.17, 15) is 4.79 Å². The van der Waals surface area contributed by atoms with Gasteiger partial charge in [-0.15, -0.1) is 5.10 Å². The van der Waals surface area contributed by atoms with Gasteiger partial charge < -0.3 is 14.6 Å². The summed E-state index contributed by atoms with van der Waals surface area (Å²) in [4.78, 5) is 16.4. The SMILES string of the molecule is Cc1noc2ncc(NC(=O)c3cn(CC4(C)COC4)nn3)cc12. The van der Waals surface area contributed by atoms with Gasteiger partial charge in [-0.25, -0.2) is 4.98 Å². The van der Waals surface area contributed by atoms with Gasteiger partial charge >= 0.3 is 0 Å². The molecule has 24 heavy (non-hydrogen) atoms. The topological polar surface area (TPSA) is 108 Å². The molecule has 124 valence electrons. The molecule has 1 aliphatic rings. The third-order valence-corrected chi connectivity index (χ3v) is 3.98. The average molecular weight is 328 g/mol. The first-order valence-corrected chi connectivity index (χ1v) is 7.54. The van der Waals surface area contributed by atoms with Crippen LogP contribution in [0.2, 0.25) is 0 Å². The first kappa shape index (κ1) is 14.8. The van der Waals surface area contributed by atoms with Crippen molar-refractivity contribution in [2.75, 3.05) is 18.5 Å². The monoisotopic (exact) mass is 328 g/mol. The van der Waals surface area contributed by atoms with Gasteiger partial charge in [-0.2, -0.15) is 0 Å². The van der Waals surface area contributed by atoms with Gasteiger partial charge in [0.25, 0.3) is 11.6 Å². The largest absolute Gasteiger partial charge is 0.380 e. The van der Waals surface area contributed by atoms with Crippen LogP contribution in [0.15, 0.2) is 23.0 Å². The second-order valence-corrected chi connectivity index (χ2v) is 6.40. The summed E-state index contributed by atoms with van der Waals surface area (Å²) >= 11 is 0. The molecule has 1 amide bonds. The predicted molar refractivity (Wildman–Crippen MR) is 83.4 cm³/mol. The van der Waals surface area contributed by atoms with Crippen LogP contribution in [0, 0.1) is 12.3 Å². The van der Waals surface area contributed by atoms with Crippen molar-refractivity contribution in [1.29, 1.82) is 0 Å². The molecular weight excluding hydrogens is 312 g/mol. The van der Waals surface area contributed by atoms with E-state index in [0.717, 1.165) is 11.1 Å². The van der Waals surface area contributed by atoms with Crippen molar-refractivity contribution < 1.29 is 14.1 Å². The summed E-state index contributed by atoms with van der Waals surface area (Å²) in [7, 11) is 0. The second-order valence-electron chi connectivity index (χ2n) is 6.40. The molecule has 4 heterocycles. The lowest BCUT2D eigenvalue weighted by Crippen LogP contribution is -2.43. The van der Waals surface area contributed by atoms with Gasteiger partial charge in [-0.1, -0.05) is 17.3 Å². The number of hydrogen-bond acceptors (Lipinski definition) is 7. The van der Waals surface area contributed by atoms with E-state index in [1.54, 1.807) is 16.9 Å². The number of nitrogens with one attached hydrogen (secondary N) is 1. The molecule has 3 aromatic rings. The highest BCUT2D eigenvalue weighted by atomic mass is 16.5. The standard InChI is InChI=1S/C15H16N6O3/c1-9-11-3-10(4-16-14(11)24-19-9)17-13(22)12-5-21(20-18-12)6-15(2)7-23-8-15/h3-5H,6-8H2,1-2H3,(H,17,22). The minimum Gasteiger partial charge on any atom is -0.380 e. The van der Waals surface area contributed by atoms with Crippen molar-refractivity contribution in [2.24, 2.45) is 5.41 Å². The predicted octanol–water partition coefficient (Wildman–Crippen LogP) is 1.41. The Labute approximate surface area is 137 Å². The van der Waals surface area contributed by atoms with E-state index < -0.39 is 0 Å². The zero-order valence-corrected chi connectivity index (χ0v) is 13.3. The Hall–Kier alpha value is -2.81. The van der Waals surface area contributed by atoms with Gasteiger partial charge in [0.1, 0.15) is 0 Å². The number of rotatable bonds is 4. The minimum absolute atomic E-state index is 0.0578. The molecule has 1 N–H and O–H groups in total. The fourth-order valence-corrected chi connectivity index (χ4v) is 2.62. The highest BCUT2D eigenvalue weighted by Crippen LogP contribution is 2.28. The van der Waals surface area contributed by atoms with E-state index >= 15 is 0 Å². The van der Waals surface area contributed by atoms with Gasteiger partial charge in [0.05, 0.1) is 48.9 Å². The molecule has 0 spiro atoms. The van der Waals surface area contributed by atoms with Crippen molar-refractivity contribution in [1.82, 2.24) is 25.1 Å². The molecule has 0 atom stereocenters. The number of hydrogen-bond donors (Lipinski definition) is 1. The number of amides is 1. The van der Waals surface area contributed by atoms with Crippen molar-refractivity contribution in [3.8, 4) is 0 Å². The van der Waals surface area contributed by atoms with Crippen LogP contribution in [0.3, 0.4) is 0 Å². The van der Waals surface area contributed by atoms with Gasteiger partial charge in [0.15, 0.2) is 5.69 Å². The lowest BCUT2D eigenvalue weighted by Gasteiger charge is -2.37. The Bertz CT molecular complexity index is 911. The number of aryl methyl sites for hydroxylation is 1. The molecule has 1 aliphatic heterocycles. The zero-order chi connectivity index (χ0) is 16.7. The molecule has 0 aromatic carbocycles. The number of carbonyl (C=O) groups excluding carboxylic acids is 1. The third kappa shape index (κ3) is 2.62. The van der Waals surface area contributed by atoms with Crippen LogP contribution >= 0.6 is 0 Å². The van der Waals surface area contributed by atoms with Gasteiger partial charge in [0, 0.05) is 5.41 Å². The Morgan fingerprint density at radius 2 is 2.29 bits per heavy atom. The molecule has 1 fully saturated rings. The van der Waals surface area contributed by atoms with E-state index in [1.807, 2.05) is 6.92 Å². The molecule has 1 saturated heterocycles. The van der Waals surface area contributed by atoms with Gasteiger partial charge in [-0.05, 0) is 13.0 Å². The van der Waals surface area contributed by atoms with Crippen LogP contribution in [0.25, 0.3) is 11.1 Å². The lowest BCUT2D eigenvalue weighted by atomic mass is 9.89. The van der Waals surface area contributed by atoms with Crippen LogP contribution in [0.1, 0.15) is 23.1 Å². The summed E-state index contributed by atoms with van der Waals surface area (Å²) in [6.45, 7) is 5.98. The highest BCUT2D eigenvalue weighted by molar-refractivity contribution is 6.03. The lowest BCUT2D eigenvalue weighted by molar-refractivity contribution is -0.111. The minimum atomic E-state index is -0.341. The first-order valence-electron chi connectivity index (χ1n) is 7.54. The number of ether oxygens (including phenoxy) is 1. The number of carbonyl (C=O) groups is 1. The van der Waals surface area contributed by atoms with Crippen molar-refractivity contribution in [3.63, 3.8) is 0 Å². The fraction of sp³-hybridized carbons (Fsp3) is 0.400. The summed E-state index contributed by atoms with van der Waals surface area (Å²) in [5.41, 5.74) is 2.01. The maximum Gasteiger partial charge on any atom is 0.277 e. The molecule has 0 aliphatic carbocycles. The third-order valence-electron chi connectivity index (χ3n) is 3.98. The Morgan fingerprint density at radius 3 is 3.04 bits per heavy atom. The van der Waals surface area contributed by atoms with E-state index in [4.69, 9.17) is 9.26 Å². The highest BCUT2D eigenvalue weighted by Gasteiger charge is 2.34.